The lowest BCUT2D eigenvalue weighted by molar-refractivity contribution is 0.190. The van der Waals surface area contributed by atoms with Gasteiger partial charge < -0.3 is 14.4 Å². The summed E-state index contributed by atoms with van der Waals surface area (Å²) in [6.45, 7) is 2.55. The number of aromatic amines is 1. The molecule has 0 atom stereocenters. The van der Waals surface area contributed by atoms with Gasteiger partial charge in [-0.15, -0.1) is 0 Å². The van der Waals surface area contributed by atoms with Crippen molar-refractivity contribution in [2.45, 2.75) is 0 Å². The summed E-state index contributed by atoms with van der Waals surface area (Å²) >= 11 is 5.93. The first kappa shape index (κ1) is 14.0. The van der Waals surface area contributed by atoms with Crippen molar-refractivity contribution in [2.75, 3.05) is 45.4 Å². The molecule has 0 bridgehead atoms. The Bertz CT molecular complexity index is 525. The smallest absolute Gasteiger partial charge is 0.226 e. The van der Waals surface area contributed by atoms with Gasteiger partial charge in [0.2, 0.25) is 5.28 Å². The van der Waals surface area contributed by atoms with Crippen LogP contribution in [0.1, 0.15) is 0 Å². The summed E-state index contributed by atoms with van der Waals surface area (Å²) in [6.07, 6.45) is 1.69. The van der Waals surface area contributed by atoms with Crippen molar-refractivity contribution in [1.82, 2.24) is 20.2 Å². The monoisotopic (exact) mass is 285 g/mol. The number of methoxy groups -OCH3 is 2. The Morgan fingerprint density at radius 3 is 2.53 bits per heavy atom. The summed E-state index contributed by atoms with van der Waals surface area (Å²) in [5.41, 5.74) is 0.620. The quantitative estimate of drug-likeness (QED) is 0.768. The highest BCUT2D eigenvalue weighted by molar-refractivity contribution is 6.28. The molecule has 0 saturated carbocycles. The van der Waals surface area contributed by atoms with Crippen LogP contribution in [-0.4, -0.2) is 60.7 Å². The van der Waals surface area contributed by atoms with Crippen molar-refractivity contribution in [3.8, 4) is 0 Å². The number of hydrogen-bond donors (Lipinski definition) is 1. The maximum atomic E-state index is 5.93. The molecule has 0 unspecified atom stereocenters. The fourth-order valence-electron chi connectivity index (χ4n) is 1.76. The molecule has 1 N–H and O–H groups in total. The van der Waals surface area contributed by atoms with Gasteiger partial charge >= 0.3 is 0 Å². The Morgan fingerprint density at radius 1 is 1.21 bits per heavy atom. The number of hydrogen-bond acceptors (Lipinski definition) is 6. The van der Waals surface area contributed by atoms with Crippen molar-refractivity contribution >= 4 is 28.5 Å². The van der Waals surface area contributed by atoms with E-state index in [9.17, 15) is 0 Å². The Kier molecular flexibility index (Phi) is 4.89. The molecule has 19 heavy (non-hydrogen) atoms. The topological polar surface area (TPSA) is 76.2 Å². The van der Waals surface area contributed by atoms with Crippen LogP contribution in [0.25, 0.3) is 11.0 Å². The van der Waals surface area contributed by atoms with Gasteiger partial charge in [-0.2, -0.15) is 15.1 Å². The molecule has 0 spiro atoms. The van der Waals surface area contributed by atoms with E-state index in [1.807, 2.05) is 4.90 Å². The third-order valence-corrected chi connectivity index (χ3v) is 2.86. The van der Waals surface area contributed by atoms with Crippen LogP contribution in [0.2, 0.25) is 5.28 Å². The Morgan fingerprint density at radius 2 is 1.89 bits per heavy atom. The number of fused-ring (bicyclic) bond motifs is 1. The van der Waals surface area contributed by atoms with E-state index in [0.29, 0.717) is 32.0 Å². The maximum Gasteiger partial charge on any atom is 0.226 e. The summed E-state index contributed by atoms with van der Waals surface area (Å²) in [5, 5.41) is 7.78. The number of anilines is 1. The van der Waals surface area contributed by atoms with Crippen molar-refractivity contribution in [3.63, 3.8) is 0 Å². The van der Waals surface area contributed by atoms with Crippen LogP contribution < -0.4 is 4.90 Å². The molecule has 7 nitrogen and oxygen atoms in total. The molecule has 0 fully saturated rings. The molecule has 2 aromatic heterocycles. The van der Waals surface area contributed by atoms with Crippen LogP contribution in [0, 0.1) is 0 Å². The number of rotatable bonds is 7. The van der Waals surface area contributed by atoms with Gasteiger partial charge in [-0.05, 0) is 11.6 Å². The standard InChI is InChI=1S/C11H16ClN5O2/c1-18-5-3-17(4-6-19-2)10-8-7-13-16-9(8)14-11(12)15-10/h7H,3-6H2,1-2H3,(H,13,14,15,16). The second-order valence-corrected chi connectivity index (χ2v) is 4.26. The van der Waals surface area contributed by atoms with E-state index in [4.69, 9.17) is 21.1 Å². The summed E-state index contributed by atoms with van der Waals surface area (Å²) in [6, 6.07) is 0. The lowest BCUT2D eigenvalue weighted by Crippen LogP contribution is -2.31. The second-order valence-electron chi connectivity index (χ2n) is 3.92. The first-order chi connectivity index (χ1) is 9.26. The molecule has 104 valence electrons. The van der Waals surface area contributed by atoms with Gasteiger partial charge in [-0.1, -0.05) is 0 Å². The van der Waals surface area contributed by atoms with Crippen molar-refractivity contribution in [3.05, 3.63) is 11.5 Å². The molecular formula is C11H16ClN5O2. The van der Waals surface area contributed by atoms with Crippen LogP contribution in [0.3, 0.4) is 0 Å². The normalized spacial score (nSPS) is 11.1. The first-order valence-corrected chi connectivity index (χ1v) is 6.23. The number of aromatic nitrogens is 4. The molecule has 0 aliphatic rings. The number of halogens is 1. The van der Waals surface area contributed by atoms with Crippen LogP contribution in [0.15, 0.2) is 6.20 Å². The van der Waals surface area contributed by atoms with Gasteiger partial charge in [0.15, 0.2) is 5.65 Å². The fourth-order valence-corrected chi connectivity index (χ4v) is 1.93. The highest BCUT2D eigenvalue weighted by atomic mass is 35.5. The molecule has 2 heterocycles. The van der Waals surface area contributed by atoms with E-state index < -0.39 is 0 Å². The average molecular weight is 286 g/mol. The van der Waals surface area contributed by atoms with Gasteiger partial charge in [0.25, 0.3) is 0 Å². The summed E-state index contributed by atoms with van der Waals surface area (Å²) < 4.78 is 10.2. The highest BCUT2D eigenvalue weighted by Crippen LogP contribution is 2.23. The van der Waals surface area contributed by atoms with Gasteiger partial charge in [-0.25, -0.2) is 0 Å². The number of ether oxygens (including phenoxy) is 2. The molecule has 0 aliphatic heterocycles. The fraction of sp³-hybridized carbons (Fsp3) is 0.545. The van der Waals surface area contributed by atoms with Gasteiger partial charge in [0.1, 0.15) is 5.82 Å². The van der Waals surface area contributed by atoms with E-state index in [1.165, 1.54) is 0 Å². The summed E-state index contributed by atoms with van der Waals surface area (Å²) in [7, 11) is 3.32. The van der Waals surface area contributed by atoms with E-state index >= 15 is 0 Å². The molecule has 0 aromatic carbocycles. The molecule has 0 amide bonds. The van der Waals surface area contributed by atoms with E-state index in [0.717, 1.165) is 11.2 Å². The van der Waals surface area contributed by atoms with Crippen LogP contribution in [-0.2, 0) is 9.47 Å². The predicted molar refractivity (Wildman–Crippen MR) is 72.7 cm³/mol. The molecule has 8 heteroatoms. The van der Waals surface area contributed by atoms with E-state index in [-0.39, 0.29) is 5.28 Å². The van der Waals surface area contributed by atoms with Crippen LogP contribution in [0.4, 0.5) is 5.82 Å². The minimum atomic E-state index is 0.187. The van der Waals surface area contributed by atoms with E-state index in [1.54, 1.807) is 20.4 Å². The SMILES string of the molecule is COCCN(CCOC)c1nc(Cl)nc2[nH]ncc12. The lowest BCUT2D eigenvalue weighted by atomic mass is 10.3. The number of nitrogens with one attached hydrogen (secondary N) is 1. The molecule has 0 aliphatic carbocycles. The third-order valence-electron chi connectivity index (χ3n) is 2.69. The van der Waals surface area contributed by atoms with Gasteiger partial charge in [0, 0.05) is 27.3 Å². The lowest BCUT2D eigenvalue weighted by Gasteiger charge is -2.23. The summed E-state index contributed by atoms with van der Waals surface area (Å²) in [4.78, 5) is 10.4. The number of H-pyrrole nitrogens is 1. The Labute approximate surface area is 115 Å². The van der Waals surface area contributed by atoms with Gasteiger partial charge in [-0.3, -0.25) is 5.10 Å². The summed E-state index contributed by atoms with van der Waals surface area (Å²) in [5.74, 6) is 0.734. The molecule has 0 radical (unpaired) electrons. The van der Waals surface area contributed by atoms with Crippen LogP contribution >= 0.6 is 11.6 Å². The average Bonchev–Trinajstić information content (AvgIpc) is 2.86. The van der Waals surface area contributed by atoms with Crippen molar-refractivity contribution < 1.29 is 9.47 Å². The zero-order valence-electron chi connectivity index (χ0n) is 10.9. The third kappa shape index (κ3) is 3.31. The second kappa shape index (κ2) is 6.65. The minimum Gasteiger partial charge on any atom is -0.383 e. The highest BCUT2D eigenvalue weighted by Gasteiger charge is 2.15. The number of nitrogens with zero attached hydrogens (tertiary/aromatic N) is 4. The first-order valence-electron chi connectivity index (χ1n) is 5.85. The zero-order valence-corrected chi connectivity index (χ0v) is 11.6. The molecule has 0 saturated heterocycles. The Hall–Kier alpha value is -1.44. The maximum absolute atomic E-state index is 5.93. The molecular weight excluding hydrogens is 270 g/mol. The predicted octanol–water partition coefficient (Wildman–Crippen LogP) is 1.11. The van der Waals surface area contributed by atoms with Crippen molar-refractivity contribution in [1.29, 1.82) is 0 Å². The zero-order chi connectivity index (χ0) is 13.7. The molecule has 2 aromatic rings. The van der Waals surface area contributed by atoms with Crippen molar-refractivity contribution in [2.24, 2.45) is 0 Å². The van der Waals surface area contributed by atoms with Gasteiger partial charge in [0.05, 0.1) is 24.8 Å². The molecule has 2 rings (SSSR count). The van der Waals surface area contributed by atoms with E-state index in [2.05, 4.69) is 20.2 Å². The largest absolute Gasteiger partial charge is 0.383 e. The Balaban J connectivity index is 2.33. The van der Waals surface area contributed by atoms with Crippen LogP contribution in [0.5, 0.6) is 0 Å². The minimum absolute atomic E-state index is 0.187.